The normalized spacial score (nSPS) is 13.6. The van der Waals surface area contributed by atoms with Crippen LogP contribution in [-0.2, 0) is 16.6 Å². The fourth-order valence-electron chi connectivity index (χ4n) is 6.22. The average molecular weight is 767 g/mol. The summed E-state index contributed by atoms with van der Waals surface area (Å²) in [5.41, 5.74) is 4.80. The van der Waals surface area contributed by atoms with Crippen LogP contribution in [-0.4, -0.2) is 71.7 Å². The predicted octanol–water partition coefficient (Wildman–Crippen LogP) is 7.58. The summed E-state index contributed by atoms with van der Waals surface area (Å²) in [6.07, 6.45) is 5.02. The van der Waals surface area contributed by atoms with Crippen LogP contribution in [0, 0.1) is 10.1 Å². The van der Waals surface area contributed by atoms with Crippen LogP contribution in [0.2, 0.25) is 5.02 Å². The molecule has 0 unspecified atom stereocenters. The molecule has 2 aromatic heterocycles. The Balaban J connectivity index is 0.999. The zero-order valence-corrected chi connectivity index (χ0v) is 30.8. The van der Waals surface area contributed by atoms with E-state index >= 15 is 0 Å². The lowest BCUT2D eigenvalue weighted by Gasteiger charge is -2.36. The number of sulfonamides is 1. The first-order valence-electron chi connectivity index (χ1n) is 16.9. The molecule has 12 nitrogen and oxygen atoms in total. The lowest BCUT2D eigenvalue weighted by Crippen LogP contribution is -2.46. The maximum absolute atomic E-state index is 13.5. The third-order valence-corrected chi connectivity index (χ3v) is 11.6. The van der Waals surface area contributed by atoms with Gasteiger partial charge in [0.15, 0.2) is 5.82 Å². The summed E-state index contributed by atoms with van der Waals surface area (Å²) in [5, 5.41) is 16.2. The number of hydrogen-bond donors (Lipinski definition) is 2. The Hall–Kier alpha value is -5.28. The second kappa shape index (κ2) is 16.2. The number of nitro groups is 1. The van der Waals surface area contributed by atoms with E-state index in [-0.39, 0.29) is 22.1 Å². The highest BCUT2D eigenvalue weighted by atomic mass is 35.5. The van der Waals surface area contributed by atoms with Crippen LogP contribution < -0.4 is 14.9 Å². The molecule has 0 radical (unpaired) electrons. The van der Waals surface area contributed by atoms with Gasteiger partial charge in [0, 0.05) is 90.0 Å². The van der Waals surface area contributed by atoms with Crippen molar-refractivity contribution < 1.29 is 13.3 Å². The van der Waals surface area contributed by atoms with E-state index in [0.717, 1.165) is 60.5 Å². The molecule has 3 heterocycles. The van der Waals surface area contributed by atoms with Crippen LogP contribution in [0.15, 0.2) is 126 Å². The number of aromatic nitrogens is 3. The molecule has 7 rings (SSSR count). The van der Waals surface area contributed by atoms with Crippen LogP contribution in [0.4, 0.5) is 22.9 Å². The number of anilines is 3. The number of piperazine rings is 1. The van der Waals surface area contributed by atoms with Gasteiger partial charge in [-0.05, 0) is 71.8 Å². The lowest BCUT2D eigenvalue weighted by molar-refractivity contribution is -0.384. The summed E-state index contributed by atoms with van der Waals surface area (Å²) < 4.78 is 29.5. The monoisotopic (exact) mass is 766 g/mol. The molecule has 0 aliphatic carbocycles. The Morgan fingerprint density at radius 1 is 0.906 bits per heavy atom. The molecule has 1 fully saturated rings. The van der Waals surface area contributed by atoms with Crippen LogP contribution in [0.25, 0.3) is 22.0 Å². The minimum absolute atomic E-state index is 0.0861. The van der Waals surface area contributed by atoms with Crippen molar-refractivity contribution in [2.75, 3.05) is 53.4 Å². The maximum Gasteiger partial charge on any atom is 0.293 e. The molecule has 53 heavy (non-hydrogen) atoms. The van der Waals surface area contributed by atoms with Gasteiger partial charge in [-0.1, -0.05) is 41.9 Å². The van der Waals surface area contributed by atoms with Crippen molar-refractivity contribution in [1.29, 1.82) is 0 Å². The summed E-state index contributed by atoms with van der Waals surface area (Å²) in [5.74, 6) is 0.753. The molecular formula is C38H35ClN8O4S2. The molecule has 1 saturated heterocycles. The van der Waals surface area contributed by atoms with Crippen molar-refractivity contribution >= 4 is 67.2 Å². The smallest absolute Gasteiger partial charge is 0.293 e. The maximum atomic E-state index is 13.5. The zero-order valence-electron chi connectivity index (χ0n) is 28.4. The molecule has 0 atom stereocenters. The van der Waals surface area contributed by atoms with Gasteiger partial charge in [-0.2, -0.15) is 0 Å². The van der Waals surface area contributed by atoms with Gasteiger partial charge in [-0.25, -0.2) is 18.4 Å². The third-order valence-electron chi connectivity index (χ3n) is 8.95. The summed E-state index contributed by atoms with van der Waals surface area (Å²) in [6, 6.07) is 29.2. The van der Waals surface area contributed by atoms with Crippen molar-refractivity contribution in [2.24, 2.45) is 0 Å². The van der Waals surface area contributed by atoms with E-state index in [4.69, 9.17) is 11.6 Å². The first kappa shape index (κ1) is 36.1. The van der Waals surface area contributed by atoms with Crippen molar-refractivity contribution in [3.8, 4) is 11.1 Å². The standard InChI is InChI=1S/C38H35ClN8O4S2/c39-29-8-6-27(7-9-29)34-24-40-15-14-28(34)25-45-17-19-46(20-18-45)30-10-12-33-36(22-30)42-26-43-38(33)44-53(50,51)32-11-13-35(37(23-32)47(48)49)41-16-21-52-31-4-2-1-3-5-31/h1-15,22-24,26,41H,16-21,25H2,(H,42,43,44). The number of rotatable bonds is 13. The molecular weight excluding hydrogens is 732 g/mol. The molecule has 0 spiro atoms. The Labute approximate surface area is 316 Å². The van der Waals surface area contributed by atoms with Gasteiger partial charge in [-0.15, -0.1) is 11.8 Å². The van der Waals surface area contributed by atoms with E-state index in [1.54, 1.807) is 17.8 Å². The SMILES string of the molecule is O=[N+]([O-])c1cc(S(=O)(=O)Nc2ncnc3cc(N4CCN(Cc5ccncc5-c5ccc(Cl)cc5)CC4)ccc23)ccc1NCCSc1ccccc1. The largest absolute Gasteiger partial charge is 0.379 e. The quantitative estimate of drug-likeness (QED) is 0.0519. The Morgan fingerprint density at radius 2 is 1.70 bits per heavy atom. The predicted molar refractivity (Wildman–Crippen MR) is 211 cm³/mol. The van der Waals surface area contributed by atoms with Gasteiger partial charge in [-0.3, -0.25) is 24.7 Å². The highest BCUT2D eigenvalue weighted by Gasteiger charge is 2.24. The number of hydrogen-bond acceptors (Lipinski definition) is 11. The number of thioether (sulfide) groups is 1. The summed E-state index contributed by atoms with van der Waals surface area (Å²) in [4.78, 5) is 29.9. The summed E-state index contributed by atoms with van der Waals surface area (Å²) in [6.45, 7) is 4.54. The van der Waals surface area contributed by atoms with E-state index in [0.29, 0.717) is 28.2 Å². The average Bonchev–Trinajstić information content (AvgIpc) is 3.17. The van der Waals surface area contributed by atoms with Gasteiger partial charge in [0.25, 0.3) is 15.7 Å². The number of fused-ring (bicyclic) bond motifs is 1. The molecule has 0 amide bonds. The molecule has 1 aliphatic rings. The second-order valence-corrected chi connectivity index (χ2v) is 15.6. The molecule has 15 heteroatoms. The van der Waals surface area contributed by atoms with E-state index < -0.39 is 14.9 Å². The van der Waals surface area contributed by atoms with Gasteiger partial charge < -0.3 is 10.2 Å². The lowest BCUT2D eigenvalue weighted by atomic mass is 10.0. The molecule has 1 aliphatic heterocycles. The fraction of sp³-hybridized carbons (Fsp3) is 0.184. The first-order chi connectivity index (χ1) is 25.7. The second-order valence-electron chi connectivity index (χ2n) is 12.4. The van der Waals surface area contributed by atoms with Gasteiger partial charge in [0.05, 0.1) is 15.3 Å². The molecule has 270 valence electrons. The van der Waals surface area contributed by atoms with E-state index in [9.17, 15) is 18.5 Å². The van der Waals surface area contributed by atoms with E-state index in [1.807, 2.05) is 79.1 Å². The summed E-state index contributed by atoms with van der Waals surface area (Å²) >= 11 is 7.72. The molecule has 6 aromatic rings. The number of pyridine rings is 1. The highest BCUT2D eigenvalue weighted by Crippen LogP contribution is 2.32. The van der Waals surface area contributed by atoms with Gasteiger partial charge in [0.1, 0.15) is 12.0 Å². The number of halogens is 1. The van der Waals surface area contributed by atoms with Gasteiger partial charge in [0.2, 0.25) is 0 Å². The minimum Gasteiger partial charge on any atom is -0.379 e. The zero-order chi connectivity index (χ0) is 36.8. The van der Waals surface area contributed by atoms with Gasteiger partial charge >= 0.3 is 0 Å². The van der Waals surface area contributed by atoms with Crippen molar-refractivity contribution in [2.45, 2.75) is 16.3 Å². The number of nitrogens with one attached hydrogen (secondary N) is 2. The van der Waals surface area contributed by atoms with Crippen LogP contribution in [0.5, 0.6) is 0 Å². The van der Waals surface area contributed by atoms with Crippen molar-refractivity contribution in [3.05, 3.63) is 136 Å². The Bertz CT molecular complexity index is 2340. The Morgan fingerprint density at radius 3 is 2.47 bits per heavy atom. The minimum atomic E-state index is -4.23. The van der Waals surface area contributed by atoms with Crippen LogP contribution in [0.3, 0.4) is 0 Å². The van der Waals surface area contributed by atoms with Crippen LogP contribution in [0.1, 0.15) is 5.56 Å². The topological polar surface area (TPSA) is 146 Å². The third kappa shape index (κ3) is 8.69. The molecule has 2 N–H and O–H groups in total. The fourth-order valence-corrected chi connectivity index (χ4v) is 8.18. The molecule has 0 saturated carbocycles. The summed E-state index contributed by atoms with van der Waals surface area (Å²) in [7, 11) is -4.23. The van der Waals surface area contributed by atoms with Crippen LogP contribution >= 0.6 is 23.4 Å². The number of benzene rings is 4. The van der Waals surface area contributed by atoms with Crippen molar-refractivity contribution in [3.63, 3.8) is 0 Å². The number of nitro benzene ring substituents is 1. The van der Waals surface area contributed by atoms with Crippen molar-refractivity contribution in [1.82, 2.24) is 19.9 Å². The van der Waals surface area contributed by atoms with E-state index in [1.165, 1.54) is 24.0 Å². The number of nitrogens with zero attached hydrogens (tertiary/aromatic N) is 6. The molecule has 4 aromatic carbocycles. The van der Waals surface area contributed by atoms with E-state index in [2.05, 4.69) is 40.9 Å². The highest BCUT2D eigenvalue weighted by molar-refractivity contribution is 7.99. The molecule has 0 bridgehead atoms. The first-order valence-corrected chi connectivity index (χ1v) is 19.7. The Kier molecular flexibility index (Phi) is 11.0.